The fourth-order valence-corrected chi connectivity index (χ4v) is 2.36. The third-order valence-electron chi connectivity index (χ3n) is 1.73. The molecule has 2 rings (SSSR count). The highest BCUT2D eigenvalue weighted by Crippen LogP contribution is 2.30. The fourth-order valence-electron chi connectivity index (χ4n) is 1.15. The number of hydrogen-bond donors (Lipinski definition) is 1. The summed E-state index contributed by atoms with van der Waals surface area (Å²) in [6.07, 6.45) is 1.07. The molecule has 0 radical (unpaired) electrons. The van der Waals surface area contributed by atoms with Crippen LogP contribution >= 0.6 is 11.8 Å². The molecule has 1 aliphatic heterocycles. The van der Waals surface area contributed by atoms with Crippen molar-refractivity contribution in [2.75, 3.05) is 11.5 Å². The SMILES string of the molecule is O=c1[nH]nc(C2CCSC2)o1. The zero-order chi connectivity index (χ0) is 7.68. The van der Waals surface area contributed by atoms with Crippen LogP contribution in [0.1, 0.15) is 18.2 Å². The first-order valence-electron chi connectivity index (χ1n) is 3.49. The second-order valence-electron chi connectivity index (χ2n) is 2.51. The van der Waals surface area contributed by atoms with Crippen LogP contribution < -0.4 is 5.76 Å². The highest BCUT2D eigenvalue weighted by molar-refractivity contribution is 7.99. The quantitative estimate of drug-likeness (QED) is 0.673. The van der Waals surface area contributed by atoms with Gasteiger partial charge in [0.2, 0.25) is 5.89 Å². The van der Waals surface area contributed by atoms with Crippen LogP contribution in [0.2, 0.25) is 0 Å². The molecule has 0 aromatic carbocycles. The van der Waals surface area contributed by atoms with Crippen molar-refractivity contribution in [1.29, 1.82) is 0 Å². The van der Waals surface area contributed by atoms with Crippen molar-refractivity contribution in [2.24, 2.45) is 0 Å². The van der Waals surface area contributed by atoms with Crippen LogP contribution in [0.5, 0.6) is 0 Å². The first kappa shape index (κ1) is 6.97. The van der Waals surface area contributed by atoms with Crippen LogP contribution in [-0.2, 0) is 0 Å². The van der Waals surface area contributed by atoms with Crippen LogP contribution in [-0.4, -0.2) is 21.7 Å². The van der Waals surface area contributed by atoms with E-state index >= 15 is 0 Å². The van der Waals surface area contributed by atoms with Crippen molar-refractivity contribution in [1.82, 2.24) is 10.2 Å². The van der Waals surface area contributed by atoms with Gasteiger partial charge in [0.15, 0.2) is 0 Å². The van der Waals surface area contributed by atoms with Crippen LogP contribution in [0.3, 0.4) is 0 Å². The molecule has 60 valence electrons. The Morgan fingerprint density at radius 1 is 1.73 bits per heavy atom. The molecule has 1 aromatic rings. The monoisotopic (exact) mass is 172 g/mol. The van der Waals surface area contributed by atoms with Gasteiger partial charge >= 0.3 is 5.76 Å². The Labute approximate surface area is 67.4 Å². The molecule has 1 aromatic heterocycles. The Bertz CT molecular complexity index is 287. The molecule has 0 saturated carbocycles. The Kier molecular flexibility index (Phi) is 1.73. The van der Waals surface area contributed by atoms with Gasteiger partial charge < -0.3 is 4.42 Å². The Morgan fingerprint density at radius 3 is 3.18 bits per heavy atom. The lowest BCUT2D eigenvalue weighted by Crippen LogP contribution is -1.96. The lowest BCUT2D eigenvalue weighted by atomic mass is 10.1. The fraction of sp³-hybridized carbons (Fsp3) is 0.667. The van der Waals surface area contributed by atoms with Crippen LogP contribution in [0.25, 0.3) is 0 Å². The number of rotatable bonds is 1. The molecule has 1 fully saturated rings. The van der Waals surface area contributed by atoms with E-state index in [1.165, 1.54) is 0 Å². The zero-order valence-corrected chi connectivity index (χ0v) is 6.69. The molecule has 11 heavy (non-hydrogen) atoms. The summed E-state index contributed by atoms with van der Waals surface area (Å²) in [5.74, 6) is 2.63. The molecule has 0 aliphatic carbocycles. The normalized spacial score (nSPS) is 24.2. The smallest absolute Gasteiger partial charge is 0.392 e. The lowest BCUT2D eigenvalue weighted by molar-refractivity contribution is 0.435. The largest absolute Gasteiger partial charge is 0.434 e. The molecule has 1 unspecified atom stereocenters. The van der Waals surface area contributed by atoms with E-state index in [2.05, 4.69) is 10.2 Å². The number of hydrogen-bond acceptors (Lipinski definition) is 4. The summed E-state index contributed by atoms with van der Waals surface area (Å²) in [4.78, 5) is 10.6. The van der Waals surface area contributed by atoms with Gasteiger partial charge in [0.25, 0.3) is 0 Å². The van der Waals surface area contributed by atoms with Gasteiger partial charge in [0.05, 0.1) is 0 Å². The van der Waals surface area contributed by atoms with Crippen molar-refractivity contribution in [3.05, 3.63) is 16.4 Å². The van der Waals surface area contributed by atoms with E-state index in [-0.39, 0.29) is 0 Å². The molecule has 0 bridgehead atoms. The number of thioether (sulfide) groups is 1. The maximum absolute atomic E-state index is 10.6. The van der Waals surface area contributed by atoms with Crippen molar-refractivity contribution in [3.63, 3.8) is 0 Å². The molecular formula is C6H8N2O2S. The van der Waals surface area contributed by atoms with E-state index in [9.17, 15) is 4.79 Å². The van der Waals surface area contributed by atoms with E-state index in [4.69, 9.17) is 4.42 Å². The first-order valence-corrected chi connectivity index (χ1v) is 4.65. The molecule has 1 aliphatic rings. The standard InChI is InChI=1S/C6H8N2O2S/c9-6-8-7-5(10-6)4-1-2-11-3-4/h4H,1-3H2,(H,8,9). The third-order valence-corrected chi connectivity index (χ3v) is 2.90. The predicted molar refractivity (Wildman–Crippen MR) is 41.8 cm³/mol. The second-order valence-corrected chi connectivity index (χ2v) is 3.66. The van der Waals surface area contributed by atoms with Crippen LogP contribution in [0, 0.1) is 0 Å². The summed E-state index contributed by atoms with van der Waals surface area (Å²) < 4.78 is 4.83. The highest BCUT2D eigenvalue weighted by Gasteiger charge is 2.22. The van der Waals surface area contributed by atoms with Crippen molar-refractivity contribution in [2.45, 2.75) is 12.3 Å². The summed E-state index contributed by atoms with van der Waals surface area (Å²) in [7, 11) is 0. The molecule has 1 atom stereocenters. The predicted octanol–water partition coefficient (Wildman–Crippen LogP) is 0.583. The molecule has 0 amide bonds. The molecule has 5 heteroatoms. The maximum atomic E-state index is 10.6. The van der Waals surface area contributed by atoms with E-state index < -0.39 is 5.76 Å². The van der Waals surface area contributed by atoms with Gasteiger partial charge in [0, 0.05) is 11.7 Å². The Morgan fingerprint density at radius 2 is 2.64 bits per heavy atom. The van der Waals surface area contributed by atoms with Crippen molar-refractivity contribution >= 4 is 11.8 Å². The van der Waals surface area contributed by atoms with Gasteiger partial charge in [0.1, 0.15) is 0 Å². The topological polar surface area (TPSA) is 58.9 Å². The van der Waals surface area contributed by atoms with E-state index in [1.807, 2.05) is 11.8 Å². The van der Waals surface area contributed by atoms with Gasteiger partial charge in [-0.15, -0.1) is 5.10 Å². The molecular weight excluding hydrogens is 164 g/mol. The second kappa shape index (κ2) is 2.73. The zero-order valence-electron chi connectivity index (χ0n) is 5.87. The number of aromatic amines is 1. The van der Waals surface area contributed by atoms with E-state index in [0.29, 0.717) is 11.8 Å². The van der Waals surface area contributed by atoms with Gasteiger partial charge in [-0.1, -0.05) is 0 Å². The summed E-state index contributed by atoms with van der Waals surface area (Å²) in [6, 6.07) is 0. The molecule has 1 saturated heterocycles. The summed E-state index contributed by atoms with van der Waals surface area (Å²) >= 11 is 1.87. The molecule has 0 spiro atoms. The Balaban J connectivity index is 2.21. The van der Waals surface area contributed by atoms with Gasteiger partial charge in [-0.3, -0.25) is 0 Å². The highest BCUT2D eigenvalue weighted by atomic mass is 32.2. The lowest BCUT2D eigenvalue weighted by Gasteiger charge is -1.97. The van der Waals surface area contributed by atoms with Crippen molar-refractivity contribution in [3.8, 4) is 0 Å². The molecule has 4 nitrogen and oxygen atoms in total. The number of nitrogens with zero attached hydrogens (tertiary/aromatic N) is 1. The van der Waals surface area contributed by atoms with Crippen LogP contribution in [0.15, 0.2) is 9.21 Å². The first-order chi connectivity index (χ1) is 5.36. The average molecular weight is 172 g/mol. The number of aromatic nitrogens is 2. The average Bonchev–Trinajstić information content (AvgIpc) is 2.55. The van der Waals surface area contributed by atoms with Crippen molar-refractivity contribution < 1.29 is 4.42 Å². The molecule has 2 heterocycles. The minimum Gasteiger partial charge on any atom is -0.392 e. The molecule has 1 N–H and O–H groups in total. The van der Waals surface area contributed by atoms with Gasteiger partial charge in [-0.2, -0.15) is 11.8 Å². The van der Waals surface area contributed by atoms with Gasteiger partial charge in [-0.25, -0.2) is 9.89 Å². The van der Waals surface area contributed by atoms with E-state index in [1.54, 1.807) is 0 Å². The summed E-state index contributed by atoms with van der Waals surface area (Å²) in [5, 5.41) is 6.04. The summed E-state index contributed by atoms with van der Waals surface area (Å²) in [5.41, 5.74) is 0. The van der Waals surface area contributed by atoms with Gasteiger partial charge in [-0.05, 0) is 12.2 Å². The Hall–Kier alpha value is -0.710. The third kappa shape index (κ3) is 1.33. The maximum Gasteiger partial charge on any atom is 0.434 e. The van der Waals surface area contributed by atoms with Crippen LogP contribution in [0.4, 0.5) is 0 Å². The van der Waals surface area contributed by atoms with E-state index in [0.717, 1.165) is 17.9 Å². The minimum atomic E-state index is -0.447. The minimum absolute atomic E-state index is 0.346. The number of H-pyrrole nitrogens is 1. The summed E-state index contributed by atoms with van der Waals surface area (Å²) in [6.45, 7) is 0. The number of nitrogens with one attached hydrogen (secondary N) is 1.